The second kappa shape index (κ2) is 7.33. The van der Waals surface area contributed by atoms with Crippen LogP contribution < -0.4 is 0 Å². The van der Waals surface area contributed by atoms with E-state index in [0.29, 0.717) is 12.0 Å². The fourth-order valence-corrected chi connectivity index (χ4v) is 4.87. The summed E-state index contributed by atoms with van der Waals surface area (Å²) >= 11 is 0. The Bertz CT molecular complexity index is 658. The third-order valence-corrected chi connectivity index (χ3v) is 6.24. The molecule has 1 aromatic carbocycles. The van der Waals surface area contributed by atoms with Gasteiger partial charge in [-0.25, -0.2) is 4.39 Å². The molecule has 2 aliphatic rings. The van der Waals surface area contributed by atoms with Gasteiger partial charge in [0.05, 0.1) is 0 Å². The van der Waals surface area contributed by atoms with Gasteiger partial charge in [-0.15, -0.1) is 0 Å². The van der Waals surface area contributed by atoms with Crippen LogP contribution in [0.4, 0.5) is 4.39 Å². The molecular weight excluding hydrogens is 313 g/mol. The Labute approximate surface area is 151 Å². The predicted molar refractivity (Wildman–Crippen MR) is 101 cm³/mol. The molecule has 0 aromatic heterocycles. The molecule has 1 aromatic rings. The lowest BCUT2D eigenvalue weighted by Crippen LogP contribution is -2.48. The van der Waals surface area contributed by atoms with Crippen LogP contribution in [0.1, 0.15) is 45.6 Å². The summed E-state index contributed by atoms with van der Waals surface area (Å²) in [7, 11) is 0. The van der Waals surface area contributed by atoms with Crippen molar-refractivity contribution in [1.29, 1.82) is 0 Å². The molecular formula is C22H30FNO. The molecule has 3 heteroatoms. The number of phenols is 1. The second-order valence-electron chi connectivity index (χ2n) is 7.76. The third-order valence-electron chi connectivity index (χ3n) is 6.24. The number of hydrogen-bond acceptors (Lipinski definition) is 2. The van der Waals surface area contributed by atoms with Crippen LogP contribution in [-0.4, -0.2) is 29.1 Å². The van der Waals surface area contributed by atoms with Crippen molar-refractivity contribution in [2.45, 2.75) is 51.5 Å². The Kier molecular flexibility index (Phi) is 5.33. The average molecular weight is 343 g/mol. The zero-order chi connectivity index (χ0) is 18.0. The number of halogens is 1. The maximum Gasteiger partial charge on any atom is 0.123 e. The van der Waals surface area contributed by atoms with Gasteiger partial charge >= 0.3 is 0 Å². The first kappa shape index (κ1) is 18.2. The molecule has 0 radical (unpaired) electrons. The molecule has 1 aliphatic heterocycles. The number of piperidine rings is 1. The van der Waals surface area contributed by atoms with Gasteiger partial charge in [0.2, 0.25) is 0 Å². The summed E-state index contributed by atoms with van der Waals surface area (Å²) in [5.41, 5.74) is 0.432. The maximum absolute atomic E-state index is 14.1. The molecule has 2 nitrogen and oxygen atoms in total. The molecule has 3 rings (SSSR count). The minimum Gasteiger partial charge on any atom is -0.508 e. The van der Waals surface area contributed by atoms with Crippen LogP contribution in [-0.2, 0) is 5.41 Å². The zero-order valence-electron chi connectivity index (χ0n) is 15.6. The first-order valence-electron chi connectivity index (χ1n) is 9.58. The second-order valence-corrected chi connectivity index (χ2v) is 7.76. The number of rotatable bonds is 4. The zero-order valence-corrected chi connectivity index (χ0v) is 15.6. The number of allylic oxidation sites excluding steroid dienone is 4. The number of hydrogen-bond donors (Lipinski definition) is 1. The average Bonchev–Trinajstić information content (AvgIpc) is 2.63. The van der Waals surface area contributed by atoms with Gasteiger partial charge in [-0.3, -0.25) is 0 Å². The van der Waals surface area contributed by atoms with Crippen molar-refractivity contribution < 1.29 is 9.50 Å². The molecule has 0 spiro atoms. The normalized spacial score (nSPS) is 28.0. The van der Waals surface area contributed by atoms with Gasteiger partial charge < -0.3 is 10.0 Å². The van der Waals surface area contributed by atoms with Gasteiger partial charge in [-0.2, -0.15) is 0 Å². The molecule has 1 aliphatic carbocycles. The predicted octanol–water partition coefficient (Wildman–Crippen LogP) is 5.04. The van der Waals surface area contributed by atoms with Crippen molar-refractivity contribution >= 4 is 0 Å². The Morgan fingerprint density at radius 2 is 1.96 bits per heavy atom. The SMILES string of the molecule is CCC1C=CC=CC1(c1cc(F)ccc1O)C1CCN(C(C)C)CC1. The van der Waals surface area contributed by atoms with E-state index in [9.17, 15) is 9.50 Å². The highest BCUT2D eigenvalue weighted by molar-refractivity contribution is 5.47. The van der Waals surface area contributed by atoms with E-state index in [1.54, 1.807) is 6.07 Å². The number of phenolic OH excluding ortho intramolecular Hbond substituents is 1. The minimum absolute atomic E-state index is 0.214. The van der Waals surface area contributed by atoms with E-state index >= 15 is 0 Å². The molecule has 25 heavy (non-hydrogen) atoms. The molecule has 2 atom stereocenters. The lowest BCUT2D eigenvalue weighted by Gasteiger charge is -2.49. The molecule has 0 bridgehead atoms. The number of likely N-dealkylation sites (tertiary alicyclic amines) is 1. The smallest absolute Gasteiger partial charge is 0.123 e. The molecule has 1 N–H and O–H groups in total. The van der Waals surface area contributed by atoms with E-state index in [4.69, 9.17) is 0 Å². The van der Waals surface area contributed by atoms with Gasteiger partial charge in [0.1, 0.15) is 11.6 Å². The Morgan fingerprint density at radius 1 is 1.24 bits per heavy atom. The van der Waals surface area contributed by atoms with E-state index in [-0.39, 0.29) is 22.9 Å². The van der Waals surface area contributed by atoms with Gasteiger partial charge in [0, 0.05) is 17.0 Å². The summed E-state index contributed by atoms with van der Waals surface area (Å²) in [5, 5.41) is 10.6. The highest BCUT2D eigenvalue weighted by Gasteiger charge is 2.46. The highest BCUT2D eigenvalue weighted by atomic mass is 19.1. The molecule has 0 amide bonds. The van der Waals surface area contributed by atoms with Crippen molar-refractivity contribution in [3.8, 4) is 5.75 Å². The van der Waals surface area contributed by atoms with E-state index in [1.807, 2.05) is 0 Å². The lowest BCUT2D eigenvalue weighted by atomic mass is 9.57. The Balaban J connectivity index is 2.04. The number of nitrogens with zero attached hydrogens (tertiary/aromatic N) is 1. The van der Waals surface area contributed by atoms with Crippen LogP contribution in [0.5, 0.6) is 5.75 Å². The number of aromatic hydroxyl groups is 1. The van der Waals surface area contributed by atoms with Crippen molar-refractivity contribution in [3.63, 3.8) is 0 Å². The largest absolute Gasteiger partial charge is 0.508 e. The van der Waals surface area contributed by atoms with Crippen molar-refractivity contribution in [3.05, 3.63) is 53.9 Å². The minimum atomic E-state index is -0.321. The first-order chi connectivity index (χ1) is 12.0. The van der Waals surface area contributed by atoms with Gasteiger partial charge in [-0.1, -0.05) is 31.2 Å². The van der Waals surface area contributed by atoms with Crippen molar-refractivity contribution in [2.75, 3.05) is 13.1 Å². The van der Waals surface area contributed by atoms with Gasteiger partial charge in [0.15, 0.2) is 0 Å². The van der Waals surface area contributed by atoms with Crippen LogP contribution in [0.2, 0.25) is 0 Å². The van der Waals surface area contributed by atoms with Crippen LogP contribution >= 0.6 is 0 Å². The lowest BCUT2D eigenvalue weighted by molar-refractivity contribution is 0.102. The van der Waals surface area contributed by atoms with E-state index in [2.05, 4.69) is 50.0 Å². The number of benzene rings is 1. The monoisotopic (exact) mass is 343 g/mol. The first-order valence-corrected chi connectivity index (χ1v) is 9.58. The van der Waals surface area contributed by atoms with Crippen LogP contribution in [0.3, 0.4) is 0 Å². The summed E-state index contributed by atoms with van der Waals surface area (Å²) in [5.74, 6) is 0.623. The fraction of sp³-hybridized carbons (Fsp3) is 0.545. The van der Waals surface area contributed by atoms with Crippen LogP contribution in [0, 0.1) is 17.7 Å². The molecule has 1 fully saturated rings. The molecule has 1 saturated heterocycles. The van der Waals surface area contributed by atoms with Crippen molar-refractivity contribution in [2.24, 2.45) is 11.8 Å². The summed E-state index contributed by atoms with van der Waals surface area (Å²) in [6.45, 7) is 8.80. The van der Waals surface area contributed by atoms with E-state index in [1.165, 1.54) is 12.1 Å². The molecule has 0 saturated carbocycles. The van der Waals surface area contributed by atoms with Crippen molar-refractivity contribution in [1.82, 2.24) is 4.90 Å². The molecule has 136 valence electrons. The topological polar surface area (TPSA) is 23.5 Å². The van der Waals surface area contributed by atoms with E-state index in [0.717, 1.165) is 37.9 Å². The molecule has 1 heterocycles. The summed E-state index contributed by atoms with van der Waals surface area (Å²) in [4.78, 5) is 2.51. The third kappa shape index (κ3) is 3.27. The quantitative estimate of drug-likeness (QED) is 0.828. The molecule has 2 unspecified atom stereocenters. The van der Waals surface area contributed by atoms with Crippen LogP contribution in [0.25, 0.3) is 0 Å². The highest BCUT2D eigenvalue weighted by Crippen LogP contribution is 2.51. The summed E-state index contributed by atoms with van der Waals surface area (Å²) in [6, 6.07) is 4.96. The summed E-state index contributed by atoms with van der Waals surface area (Å²) < 4.78 is 14.1. The van der Waals surface area contributed by atoms with Gasteiger partial charge in [-0.05, 0) is 76.2 Å². The fourth-order valence-electron chi connectivity index (χ4n) is 4.87. The standard InChI is InChI=1S/C22H30FNO/c1-4-17-7-5-6-12-22(17,20-15-19(23)8-9-21(20)25)18-10-13-24(14-11-18)16(2)3/h5-9,12,15-18,25H,4,10-11,13-14H2,1-3H3. The van der Waals surface area contributed by atoms with E-state index < -0.39 is 0 Å². The Morgan fingerprint density at radius 3 is 2.60 bits per heavy atom. The Hall–Kier alpha value is -1.61. The summed E-state index contributed by atoms with van der Waals surface area (Å²) in [6.07, 6.45) is 11.7. The maximum atomic E-state index is 14.1. The van der Waals surface area contributed by atoms with Crippen LogP contribution in [0.15, 0.2) is 42.5 Å². The van der Waals surface area contributed by atoms with Gasteiger partial charge in [0.25, 0.3) is 0 Å².